The van der Waals surface area contributed by atoms with Crippen LogP contribution in [0.4, 0.5) is 0 Å². The first-order valence-electron chi connectivity index (χ1n) is 12.0. The van der Waals surface area contributed by atoms with Crippen molar-refractivity contribution < 1.29 is 38.0 Å². The highest BCUT2D eigenvalue weighted by atomic mass is 16.7. The summed E-state index contributed by atoms with van der Waals surface area (Å²) in [6, 6.07) is 12.7. The Kier molecular flexibility index (Phi) is 5.59. The second-order valence-corrected chi connectivity index (χ2v) is 9.12. The van der Waals surface area contributed by atoms with Crippen LogP contribution in [0.1, 0.15) is 34.5 Å². The van der Waals surface area contributed by atoms with Crippen LogP contribution in [0.25, 0.3) is 11.1 Å². The van der Waals surface area contributed by atoms with Crippen LogP contribution >= 0.6 is 0 Å². The molecule has 37 heavy (non-hydrogen) atoms. The van der Waals surface area contributed by atoms with E-state index in [2.05, 4.69) is 13.5 Å². The average Bonchev–Trinajstić information content (AvgIpc) is 3.59. The zero-order chi connectivity index (χ0) is 25.7. The second kappa shape index (κ2) is 8.96. The summed E-state index contributed by atoms with van der Waals surface area (Å²) in [5.41, 5.74) is 4.23. The quantitative estimate of drug-likeness (QED) is 0.343. The van der Waals surface area contributed by atoms with Crippen molar-refractivity contribution in [3.8, 4) is 45.6 Å². The van der Waals surface area contributed by atoms with Gasteiger partial charge in [0.25, 0.3) is 0 Å². The first-order valence-corrected chi connectivity index (χ1v) is 12.0. The molecule has 0 fully saturated rings. The van der Waals surface area contributed by atoms with Crippen molar-refractivity contribution in [2.75, 3.05) is 27.8 Å². The Balaban J connectivity index is 1.64. The van der Waals surface area contributed by atoms with E-state index in [0.717, 1.165) is 16.7 Å². The van der Waals surface area contributed by atoms with Crippen molar-refractivity contribution in [3.63, 3.8) is 0 Å². The number of ether oxygens (including phenoxy) is 7. The van der Waals surface area contributed by atoms with Crippen LogP contribution in [0, 0.1) is 5.92 Å². The fourth-order valence-electron chi connectivity index (χ4n) is 5.19. The van der Waals surface area contributed by atoms with Crippen molar-refractivity contribution in [1.82, 2.24) is 0 Å². The molecule has 0 radical (unpaired) electrons. The van der Waals surface area contributed by atoms with Crippen LogP contribution in [0.3, 0.4) is 0 Å². The SMILES string of the molecule is C=C1[C@H](C)Cc2cc3c(c(OC)c2-c2c(cc4c(c2OC)OCO4)[C@H]1OC(=O)c1ccccc1)OCO3. The maximum absolute atomic E-state index is 13.3. The summed E-state index contributed by atoms with van der Waals surface area (Å²) in [7, 11) is 3.16. The van der Waals surface area contributed by atoms with Gasteiger partial charge in [-0.1, -0.05) is 31.7 Å². The molecular weight excluding hydrogens is 476 g/mol. The Morgan fingerprint density at radius 3 is 2.16 bits per heavy atom. The summed E-state index contributed by atoms with van der Waals surface area (Å²) in [4.78, 5) is 13.3. The Bertz CT molecular complexity index is 1410. The summed E-state index contributed by atoms with van der Waals surface area (Å²) >= 11 is 0. The van der Waals surface area contributed by atoms with Crippen LogP contribution < -0.4 is 28.4 Å². The molecule has 6 rings (SSSR count). The van der Waals surface area contributed by atoms with Gasteiger partial charge in [0.05, 0.1) is 19.8 Å². The lowest BCUT2D eigenvalue weighted by atomic mass is 9.78. The lowest BCUT2D eigenvalue weighted by Gasteiger charge is -2.32. The van der Waals surface area contributed by atoms with Gasteiger partial charge < -0.3 is 33.2 Å². The number of rotatable bonds is 4. The van der Waals surface area contributed by atoms with Gasteiger partial charge in [0.15, 0.2) is 23.0 Å². The summed E-state index contributed by atoms with van der Waals surface area (Å²) in [6.07, 6.45) is -0.193. The molecule has 0 saturated heterocycles. The van der Waals surface area contributed by atoms with Gasteiger partial charge in [-0.3, -0.25) is 0 Å². The van der Waals surface area contributed by atoms with E-state index in [-0.39, 0.29) is 19.5 Å². The lowest BCUT2D eigenvalue weighted by molar-refractivity contribution is 0.0354. The monoisotopic (exact) mass is 502 g/mol. The molecule has 0 spiro atoms. The van der Waals surface area contributed by atoms with Crippen molar-refractivity contribution in [2.45, 2.75) is 19.4 Å². The van der Waals surface area contributed by atoms with Gasteiger partial charge >= 0.3 is 5.97 Å². The van der Waals surface area contributed by atoms with Gasteiger partial charge in [0.2, 0.25) is 25.1 Å². The second-order valence-electron chi connectivity index (χ2n) is 9.12. The van der Waals surface area contributed by atoms with Crippen LogP contribution in [0.15, 0.2) is 54.6 Å². The predicted molar refractivity (Wildman–Crippen MR) is 134 cm³/mol. The van der Waals surface area contributed by atoms with E-state index in [4.69, 9.17) is 33.2 Å². The zero-order valence-electron chi connectivity index (χ0n) is 20.8. The Labute approximate surface area is 214 Å². The highest BCUT2D eigenvalue weighted by Gasteiger charge is 2.39. The van der Waals surface area contributed by atoms with Crippen LogP contribution in [-0.4, -0.2) is 33.8 Å². The first-order chi connectivity index (χ1) is 18.0. The Hall–Kier alpha value is -4.33. The number of fused-ring (bicyclic) bond motifs is 5. The molecule has 2 atom stereocenters. The van der Waals surface area contributed by atoms with Gasteiger partial charge in [0, 0.05) is 16.7 Å². The standard InChI is InChI=1S/C29H26O8/c1-15-10-18-11-20-25(35-13-33-20)27(31-3)22(18)23-19(12-21-26(28(23)32-4)36-14-34-21)24(16(15)2)37-29(30)17-8-6-5-7-9-17/h5-9,11-12,15,24H,2,10,13-14H2,1,3-4H3/t15-,24+/m1/s1. The number of esters is 1. The Morgan fingerprint density at radius 2 is 1.51 bits per heavy atom. The highest BCUT2D eigenvalue weighted by Crippen LogP contribution is 2.59. The third kappa shape index (κ3) is 3.63. The molecule has 0 N–H and O–H groups in total. The third-order valence-corrected chi connectivity index (χ3v) is 7.02. The molecule has 0 unspecified atom stereocenters. The molecule has 0 bridgehead atoms. The van der Waals surface area contributed by atoms with E-state index in [1.165, 1.54) is 0 Å². The summed E-state index contributed by atoms with van der Waals surface area (Å²) in [5, 5.41) is 0. The fraction of sp³-hybridized carbons (Fsp3) is 0.276. The molecule has 8 heteroatoms. The predicted octanol–water partition coefficient (Wildman–Crippen LogP) is 5.47. The van der Waals surface area contributed by atoms with Crippen LogP contribution in [-0.2, 0) is 11.2 Å². The molecule has 3 aromatic rings. The van der Waals surface area contributed by atoms with E-state index in [1.54, 1.807) is 38.5 Å². The third-order valence-electron chi connectivity index (χ3n) is 7.02. The van der Waals surface area contributed by atoms with Gasteiger partial charge in [-0.25, -0.2) is 4.79 Å². The number of carbonyl (C=O) groups excluding carboxylic acids is 1. The van der Waals surface area contributed by atoms with Crippen LogP contribution in [0.2, 0.25) is 0 Å². The maximum atomic E-state index is 13.3. The van der Waals surface area contributed by atoms with Crippen molar-refractivity contribution in [1.29, 1.82) is 0 Å². The average molecular weight is 503 g/mol. The van der Waals surface area contributed by atoms with Gasteiger partial charge in [-0.15, -0.1) is 0 Å². The number of hydrogen-bond acceptors (Lipinski definition) is 8. The number of methoxy groups -OCH3 is 2. The molecule has 8 nitrogen and oxygen atoms in total. The van der Waals surface area contributed by atoms with Crippen molar-refractivity contribution in [3.05, 3.63) is 71.3 Å². The molecule has 0 saturated carbocycles. The molecule has 3 aromatic carbocycles. The number of carbonyl (C=O) groups is 1. The lowest BCUT2D eigenvalue weighted by Crippen LogP contribution is -2.21. The van der Waals surface area contributed by atoms with Crippen LogP contribution in [0.5, 0.6) is 34.5 Å². The minimum atomic E-state index is -0.788. The number of hydrogen-bond donors (Lipinski definition) is 0. The minimum absolute atomic E-state index is 0.0472. The highest BCUT2D eigenvalue weighted by molar-refractivity contribution is 5.92. The van der Waals surface area contributed by atoms with E-state index in [9.17, 15) is 4.79 Å². The summed E-state index contributed by atoms with van der Waals surface area (Å²) < 4.78 is 41.1. The molecule has 2 aliphatic heterocycles. The molecule has 3 aliphatic rings. The smallest absolute Gasteiger partial charge is 0.339 e. The minimum Gasteiger partial charge on any atom is -0.492 e. The van der Waals surface area contributed by atoms with Crippen molar-refractivity contribution in [2.24, 2.45) is 5.92 Å². The first kappa shape index (κ1) is 23.1. The summed E-state index contributed by atoms with van der Waals surface area (Å²) in [5.74, 6) is 2.54. The van der Waals surface area contributed by atoms with E-state index in [0.29, 0.717) is 57.6 Å². The topological polar surface area (TPSA) is 81.7 Å². The van der Waals surface area contributed by atoms with Gasteiger partial charge in [0.1, 0.15) is 6.10 Å². The fourth-order valence-corrected chi connectivity index (χ4v) is 5.19. The van der Waals surface area contributed by atoms with E-state index >= 15 is 0 Å². The normalized spacial score (nSPS) is 18.8. The largest absolute Gasteiger partial charge is 0.492 e. The zero-order valence-corrected chi connectivity index (χ0v) is 20.8. The van der Waals surface area contributed by atoms with E-state index < -0.39 is 12.1 Å². The molecular formula is C29H26O8. The summed E-state index contributed by atoms with van der Waals surface area (Å²) in [6.45, 7) is 6.58. The maximum Gasteiger partial charge on any atom is 0.339 e. The molecule has 1 aliphatic carbocycles. The van der Waals surface area contributed by atoms with Gasteiger partial charge in [-0.2, -0.15) is 0 Å². The van der Waals surface area contributed by atoms with Crippen molar-refractivity contribution >= 4 is 5.97 Å². The van der Waals surface area contributed by atoms with Gasteiger partial charge in [-0.05, 0) is 47.7 Å². The Morgan fingerprint density at radius 1 is 0.892 bits per heavy atom. The molecule has 190 valence electrons. The molecule has 0 aromatic heterocycles. The molecule has 0 amide bonds. The van der Waals surface area contributed by atoms with E-state index in [1.807, 2.05) is 18.2 Å². The molecule has 2 heterocycles. The number of benzene rings is 3.